The average Bonchev–Trinajstić information content (AvgIpc) is 3.09. The van der Waals surface area contributed by atoms with Crippen LogP contribution in [0.3, 0.4) is 0 Å². The zero-order valence-corrected chi connectivity index (χ0v) is 19.3. The molecule has 0 fully saturated rings. The highest BCUT2D eigenvalue weighted by Gasteiger charge is 2.20. The Hall–Kier alpha value is -1.37. The van der Waals surface area contributed by atoms with Crippen LogP contribution in [-0.4, -0.2) is 14.8 Å². The molecule has 0 saturated heterocycles. The van der Waals surface area contributed by atoms with Crippen molar-refractivity contribution in [3.8, 4) is 5.75 Å². The van der Waals surface area contributed by atoms with Gasteiger partial charge in [0.1, 0.15) is 5.75 Å². The third kappa shape index (κ3) is 5.62. The number of hydrogen-bond acceptors (Lipinski definition) is 4. The fraction of sp³-hybridized carbons (Fsp3) is 0.200. The summed E-state index contributed by atoms with van der Waals surface area (Å²) >= 11 is 25.9. The predicted molar refractivity (Wildman–Crippen MR) is 122 cm³/mol. The largest absolute Gasteiger partial charge is 0.481 e. The Morgan fingerprint density at radius 3 is 2.55 bits per heavy atom. The number of hydrogen-bond donors (Lipinski definition) is 0. The lowest BCUT2D eigenvalue weighted by molar-refractivity contribution is 0.210. The first kappa shape index (κ1) is 22.3. The smallest absolute Gasteiger partial charge is 0.191 e. The monoisotopic (exact) mass is 487 g/mol. The second-order valence-corrected chi connectivity index (χ2v) is 8.71. The highest BCUT2D eigenvalue weighted by atomic mass is 35.5. The van der Waals surface area contributed by atoms with Gasteiger partial charge in [0.2, 0.25) is 0 Å². The van der Waals surface area contributed by atoms with E-state index in [0.717, 1.165) is 10.7 Å². The van der Waals surface area contributed by atoms with Crippen LogP contribution in [0.5, 0.6) is 5.75 Å². The van der Waals surface area contributed by atoms with Gasteiger partial charge in [-0.25, -0.2) is 0 Å². The molecule has 29 heavy (non-hydrogen) atoms. The summed E-state index contributed by atoms with van der Waals surface area (Å²) in [4.78, 5) is 0. The van der Waals surface area contributed by atoms with Crippen LogP contribution in [-0.2, 0) is 12.3 Å². The first-order valence-corrected chi connectivity index (χ1v) is 11.1. The Bertz CT molecular complexity index is 1020. The maximum atomic E-state index is 6.21. The van der Waals surface area contributed by atoms with Gasteiger partial charge in [-0.05, 0) is 36.8 Å². The highest BCUT2D eigenvalue weighted by Crippen LogP contribution is 2.33. The standard InChI is InChI=1S/C20H17Cl4N3OS/c1-3-8-27-19(12(2)28-18-10-14(21)5-7-16(18)23)25-26-20(27)29-11-13-4-6-15(22)17(24)9-13/h3-7,9-10,12H,1,8,11H2,2H3. The van der Waals surface area contributed by atoms with Gasteiger partial charge < -0.3 is 4.74 Å². The third-order valence-electron chi connectivity index (χ3n) is 3.97. The van der Waals surface area contributed by atoms with Crippen LogP contribution in [0.4, 0.5) is 0 Å². The van der Waals surface area contributed by atoms with E-state index >= 15 is 0 Å². The van der Waals surface area contributed by atoms with E-state index in [9.17, 15) is 0 Å². The SMILES string of the molecule is C=CCn1c(SCc2ccc(Cl)c(Cl)c2)nnc1C(C)Oc1cc(Cl)ccc1Cl. The minimum Gasteiger partial charge on any atom is -0.481 e. The van der Waals surface area contributed by atoms with E-state index in [1.165, 1.54) is 0 Å². The summed E-state index contributed by atoms with van der Waals surface area (Å²) in [5.41, 5.74) is 1.04. The highest BCUT2D eigenvalue weighted by molar-refractivity contribution is 7.98. The molecule has 1 atom stereocenters. The maximum Gasteiger partial charge on any atom is 0.191 e. The molecule has 0 saturated carbocycles. The Morgan fingerprint density at radius 2 is 1.83 bits per heavy atom. The molecule has 2 aromatic carbocycles. The Balaban J connectivity index is 1.79. The molecule has 0 bridgehead atoms. The van der Waals surface area contributed by atoms with Gasteiger partial charge in [0, 0.05) is 23.4 Å². The van der Waals surface area contributed by atoms with Crippen LogP contribution in [0.1, 0.15) is 24.4 Å². The lowest BCUT2D eigenvalue weighted by Gasteiger charge is -2.16. The number of allylic oxidation sites excluding steroid dienone is 1. The number of nitrogens with zero attached hydrogens (tertiary/aromatic N) is 3. The number of benzene rings is 2. The molecule has 0 aliphatic carbocycles. The Morgan fingerprint density at radius 1 is 1.07 bits per heavy atom. The molecule has 1 heterocycles. The summed E-state index contributed by atoms with van der Waals surface area (Å²) in [6.45, 7) is 6.26. The fourth-order valence-corrected chi connectivity index (χ4v) is 4.14. The van der Waals surface area contributed by atoms with Gasteiger partial charge >= 0.3 is 0 Å². The molecule has 3 rings (SSSR count). The number of aromatic nitrogens is 3. The van der Waals surface area contributed by atoms with Gasteiger partial charge in [-0.15, -0.1) is 16.8 Å². The zero-order valence-electron chi connectivity index (χ0n) is 15.4. The number of rotatable bonds is 8. The predicted octanol–water partition coefficient (Wildman–Crippen LogP) is 7.51. The molecule has 0 radical (unpaired) electrons. The second kappa shape index (κ2) is 10.1. The van der Waals surface area contributed by atoms with E-state index in [1.807, 2.05) is 23.6 Å². The number of halogens is 4. The van der Waals surface area contributed by atoms with Crippen LogP contribution < -0.4 is 4.74 Å². The molecule has 4 nitrogen and oxygen atoms in total. The summed E-state index contributed by atoms with van der Waals surface area (Å²) in [6, 6.07) is 10.6. The molecule has 1 unspecified atom stereocenters. The summed E-state index contributed by atoms with van der Waals surface area (Å²) in [7, 11) is 0. The van der Waals surface area contributed by atoms with Crippen molar-refractivity contribution in [1.82, 2.24) is 14.8 Å². The lowest BCUT2D eigenvalue weighted by Crippen LogP contribution is -2.12. The summed E-state index contributed by atoms with van der Waals surface area (Å²) < 4.78 is 7.95. The van der Waals surface area contributed by atoms with Crippen molar-refractivity contribution in [1.29, 1.82) is 0 Å². The Kier molecular flexibility index (Phi) is 7.77. The van der Waals surface area contributed by atoms with E-state index in [4.69, 9.17) is 51.1 Å². The van der Waals surface area contributed by atoms with Gasteiger partial charge in [0.25, 0.3) is 0 Å². The Labute approximate surface area is 193 Å². The molecule has 9 heteroatoms. The topological polar surface area (TPSA) is 39.9 Å². The van der Waals surface area contributed by atoms with Crippen molar-refractivity contribution < 1.29 is 4.74 Å². The number of thioether (sulfide) groups is 1. The minimum atomic E-state index is -0.391. The van der Waals surface area contributed by atoms with E-state index in [1.54, 1.807) is 42.1 Å². The normalized spacial score (nSPS) is 12.0. The summed E-state index contributed by atoms with van der Waals surface area (Å²) in [5.74, 6) is 1.82. The van der Waals surface area contributed by atoms with Crippen molar-refractivity contribution in [2.45, 2.75) is 30.5 Å². The van der Waals surface area contributed by atoms with Gasteiger partial charge in [0.15, 0.2) is 17.1 Å². The average molecular weight is 489 g/mol. The molecule has 3 aromatic rings. The van der Waals surface area contributed by atoms with E-state index in [0.29, 0.717) is 44.0 Å². The second-order valence-electron chi connectivity index (χ2n) is 6.11. The molecule has 0 N–H and O–H groups in total. The van der Waals surface area contributed by atoms with Crippen molar-refractivity contribution in [2.24, 2.45) is 0 Å². The maximum absolute atomic E-state index is 6.21. The molecular formula is C20H17Cl4N3OS. The van der Waals surface area contributed by atoms with E-state index in [-0.39, 0.29) is 0 Å². The van der Waals surface area contributed by atoms with Gasteiger partial charge in [-0.3, -0.25) is 4.57 Å². The molecule has 1 aromatic heterocycles. The first-order valence-electron chi connectivity index (χ1n) is 8.61. The van der Waals surface area contributed by atoms with E-state index in [2.05, 4.69) is 16.8 Å². The van der Waals surface area contributed by atoms with Crippen molar-refractivity contribution in [3.63, 3.8) is 0 Å². The molecule has 0 aliphatic heterocycles. The van der Waals surface area contributed by atoms with Crippen LogP contribution in [0.25, 0.3) is 0 Å². The quantitative estimate of drug-likeness (QED) is 0.243. The van der Waals surface area contributed by atoms with Gasteiger partial charge in [0.05, 0.1) is 15.1 Å². The van der Waals surface area contributed by atoms with Crippen LogP contribution in [0, 0.1) is 0 Å². The van der Waals surface area contributed by atoms with Crippen LogP contribution >= 0.6 is 58.2 Å². The molecule has 152 valence electrons. The van der Waals surface area contributed by atoms with Crippen molar-refractivity contribution in [3.05, 3.63) is 80.5 Å². The van der Waals surface area contributed by atoms with Gasteiger partial charge in [-0.2, -0.15) is 0 Å². The van der Waals surface area contributed by atoms with Crippen molar-refractivity contribution >= 4 is 58.2 Å². The summed E-state index contributed by atoms with van der Waals surface area (Å²) in [6.07, 6.45) is 1.40. The summed E-state index contributed by atoms with van der Waals surface area (Å²) in [5, 5.41) is 11.5. The minimum absolute atomic E-state index is 0.391. The molecular weight excluding hydrogens is 472 g/mol. The van der Waals surface area contributed by atoms with E-state index < -0.39 is 6.10 Å². The third-order valence-corrected chi connectivity index (χ3v) is 6.29. The number of ether oxygens (including phenoxy) is 1. The van der Waals surface area contributed by atoms with Crippen LogP contribution in [0.15, 0.2) is 54.2 Å². The first-order chi connectivity index (χ1) is 13.9. The molecule has 0 amide bonds. The van der Waals surface area contributed by atoms with Crippen LogP contribution in [0.2, 0.25) is 20.1 Å². The molecule has 0 spiro atoms. The fourth-order valence-electron chi connectivity index (χ4n) is 2.60. The molecule has 0 aliphatic rings. The lowest BCUT2D eigenvalue weighted by atomic mass is 10.2. The van der Waals surface area contributed by atoms with Crippen molar-refractivity contribution in [2.75, 3.05) is 0 Å². The zero-order chi connectivity index (χ0) is 21.0. The van der Waals surface area contributed by atoms with Gasteiger partial charge in [-0.1, -0.05) is 70.3 Å².